The molecule has 0 radical (unpaired) electrons. The molecule has 0 bridgehead atoms. The van der Waals surface area contributed by atoms with E-state index in [2.05, 4.69) is 39.9 Å². The largest absolute Gasteiger partial charge is 0.390 e. The fourth-order valence-corrected chi connectivity index (χ4v) is 13.5. The summed E-state index contributed by atoms with van der Waals surface area (Å²) in [5.41, 5.74) is -0.354. The average Bonchev–Trinajstić information content (AvgIpc) is 3.58. The van der Waals surface area contributed by atoms with Gasteiger partial charge in [-0.05, 0) is 117 Å². The number of aliphatic hydroxyl groups excluding tert-OH is 1. The second-order valence-corrected chi connectivity index (χ2v) is 17.7. The van der Waals surface area contributed by atoms with Gasteiger partial charge >= 0.3 is 0 Å². The van der Waals surface area contributed by atoms with Crippen LogP contribution >= 0.6 is 0 Å². The number of fused-ring (bicyclic) bond motifs is 4. The average molecular weight is 604 g/mol. The Bertz CT molecular complexity index is 1070. The van der Waals surface area contributed by atoms with Gasteiger partial charge in [-0.2, -0.15) is 0 Å². The van der Waals surface area contributed by atoms with Crippen molar-refractivity contribution < 1.29 is 29.2 Å². The monoisotopic (exact) mass is 603 g/mol. The SMILES string of the molecule is CCO[C@@H]([C@H]1C[C@@H](C)[C@H]2[C@H](O1)[C@H](O)[C@@]1(C)[C@@H]3CC[C@H]4C(C)(C)[C@@H](O[C@H]5CNCCO5)CC[C@@]45CC35CC[C@]21C)C(C)(C)O. The number of ether oxygens (including phenoxy) is 4. The van der Waals surface area contributed by atoms with Crippen LogP contribution in [0, 0.1) is 50.7 Å². The van der Waals surface area contributed by atoms with Gasteiger partial charge in [0.2, 0.25) is 0 Å². The quantitative estimate of drug-likeness (QED) is 0.379. The van der Waals surface area contributed by atoms with Crippen LogP contribution in [0.4, 0.5) is 0 Å². The molecule has 5 aliphatic carbocycles. The summed E-state index contributed by atoms with van der Waals surface area (Å²) in [6.45, 7) is 20.9. The van der Waals surface area contributed by atoms with Crippen LogP contribution in [0.15, 0.2) is 0 Å². The Morgan fingerprint density at radius 3 is 2.42 bits per heavy atom. The van der Waals surface area contributed by atoms with Crippen LogP contribution in [0.25, 0.3) is 0 Å². The molecule has 3 N–H and O–H groups in total. The van der Waals surface area contributed by atoms with Gasteiger partial charge in [0, 0.05) is 25.1 Å². The first-order valence-electron chi connectivity index (χ1n) is 17.8. The third-order valence-electron chi connectivity index (χ3n) is 15.4. The Morgan fingerprint density at radius 2 is 1.74 bits per heavy atom. The number of morpholine rings is 1. The van der Waals surface area contributed by atoms with Crippen LogP contribution in [-0.4, -0.2) is 78.9 Å². The van der Waals surface area contributed by atoms with E-state index in [9.17, 15) is 10.2 Å². The molecule has 2 spiro atoms. The van der Waals surface area contributed by atoms with Gasteiger partial charge in [0.1, 0.15) is 6.10 Å². The van der Waals surface area contributed by atoms with E-state index in [1.807, 2.05) is 20.8 Å². The van der Waals surface area contributed by atoms with Crippen molar-refractivity contribution >= 4 is 0 Å². The van der Waals surface area contributed by atoms with Gasteiger partial charge in [-0.15, -0.1) is 0 Å². The van der Waals surface area contributed by atoms with Crippen LogP contribution in [0.3, 0.4) is 0 Å². The molecule has 0 aromatic rings. The minimum atomic E-state index is -1.00. The first kappa shape index (κ1) is 31.3. The van der Waals surface area contributed by atoms with E-state index in [4.69, 9.17) is 18.9 Å². The molecule has 0 aromatic heterocycles. The molecule has 1 unspecified atom stereocenters. The molecule has 7 rings (SSSR count). The summed E-state index contributed by atoms with van der Waals surface area (Å²) in [4.78, 5) is 0. The van der Waals surface area contributed by atoms with Crippen LogP contribution in [0.5, 0.6) is 0 Å². The molecule has 2 aliphatic heterocycles. The van der Waals surface area contributed by atoms with E-state index in [0.29, 0.717) is 41.1 Å². The van der Waals surface area contributed by atoms with Gasteiger partial charge in [-0.3, -0.25) is 0 Å². The van der Waals surface area contributed by atoms with Gasteiger partial charge in [-0.25, -0.2) is 0 Å². The molecule has 7 heteroatoms. The van der Waals surface area contributed by atoms with Gasteiger partial charge < -0.3 is 34.5 Å². The number of nitrogens with one attached hydrogen (secondary N) is 1. The van der Waals surface area contributed by atoms with E-state index in [0.717, 1.165) is 32.5 Å². The normalized spacial score (nSPS) is 54.4. The topological polar surface area (TPSA) is 89.4 Å². The molecule has 2 saturated heterocycles. The molecule has 2 heterocycles. The summed E-state index contributed by atoms with van der Waals surface area (Å²) < 4.78 is 25.7. The molecular formula is C36H61NO6. The van der Waals surface area contributed by atoms with E-state index in [-0.39, 0.29) is 40.8 Å². The van der Waals surface area contributed by atoms with Crippen molar-refractivity contribution in [2.45, 2.75) is 149 Å². The minimum Gasteiger partial charge on any atom is -0.390 e. The van der Waals surface area contributed by atoms with Gasteiger partial charge in [0.15, 0.2) is 6.29 Å². The Labute approximate surface area is 260 Å². The number of rotatable bonds is 6. The van der Waals surface area contributed by atoms with Gasteiger partial charge in [0.05, 0.1) is 36.6 Å². The van der Waals surface area contributed by atoms with Crippen LogP contribution in [0.1, 0.15) is 107 Å². The number of hydrogen-bond donors (Lipinski definition) is 3. The maximum absolute atomic E-state index is 12.5. The molecule has 5 saturated carbocycles. The summed E-state index contributed by atoms with van der Waals surface area (Å²) in [5, 5.41) is 27.0. The zero-order valence-electron chi connectivity index (χ0n) is 28.3. The van der Waals surface area contributed by atoms with Crippen molar-refractivity contribution in [1.82, 2.24) is 5.32 Å². The summed E-state index contributed by atoms with van der Waals surface area (Å²) >= 11 is 0. The number of aliphatic hydroxyl groups is 2. The van der Waals surface area contributed by atoms with E-state index in [1.165, 1.54) is 38.5 Å². The molecule has 7 nitrogen and oxygen atoms in total. The highest BCUT2D eigenvalue weighted by Gasteiger charge is 2.84. The van der Waals surface area contributed by atoms with Crippen molar-refractivity contribution in [3.8, 4) is 0 Å². The third kappa shape index (κ3) is 4.10. The number of hydrogen-bond acceptors (Lipinski definition) is 7. The second kappa shape index (κ2) is 10.1. The van der Waals surface area contributed by atoms with E-state index >= 15 is 0 Å². The van der Waals surface area contributed by atoms with Crippen LogP contribution < -0.4 is 5.32 Å². The molecule has 7 aliphatic rings. The molecule has 0 aromatic carbocycles. The smallest absolute Gasteiger partial charge is 0.170 e. The predicted octanol–water partition coefficient (Wildman–Crippen LogP) is 5.31. The summed E-state index contributed by atoms with van der Waals surface area (Å²) in [6, 6.07) is 0. The predicted molar refractivity (Wildman–Crippen MR) is 165 cm³/mol. The van der Waals surface area contributed by atoms with Crippen molar-refractivity contribution in [2.24, 2.45) is 50.7 Å². The maximum atomic E-state index is 12.5. The highest BCUT2D eigenvalue weighted by atomic mass is 16.7. The Balaban J connectivity index is 1.16. The highest BCUT2D eigenvalue weighted by molar-refractivity contribution is 5.33. The van der Waals surface area contributed by atoms with Crippen molar-refractivity contribution in [3.05, 3.63) is 0 Å². The van der Waals surface area contributed by atoms with Crippen molar-refractivity contribution in [2.75, 3.05) is 26.3 Å². The van der Waals surface area contributed by atoms with E-state index < -0.39 is 17.8 Å². The summed E-state index contributed by atoms with van der Waals surface area (Å²) in [7, 11) is 0. The molecule has 246 valence electrons. The van der Waals surface area contributed by atoms with E-state index in [1.54, 1.807) is 0 Å². The fourth-order valence-electron chi connectivity index (χ4n) is 13.5. The summed E-state index contributed by atoms with van der Waals surface area (Å²) in [5.74, 6) is 1.89. The molecule has 7 fully saturated rings. The van der Waals surface area contributed by atoms with Gasteiger partial charge in [-0.1, -0.05) is 34.6 Å². The summed E-state index contributed by atoms with van der Waals surface area (Å²) in [6.07, 6.45) is 8.19. The lowest BCUT2D eigenvalue weighted by Crippen LogP contribution is -2.60. The Kier molecular flexibility index (Phi) is 7.37. The van der Waals surface area contributed by atoms with Gasteiger partial charge in [0.25, 0.3) is 0 Å². The van der Waals surface area contributed by atoms with Crippen molar-refractivity contribution in [3.63, 3.8) is 0 Å². The Morgan fingerprint density at radius 1 is 1.02 bits per heavy atom. The fraction of sp³-hybridized carbons (Fsp3) is 1.00. The van der Waals surface area contributed by atoms with Crippen molar-refractivity contribution in [1.29, 1.82) is 0 Å². The molecule has 0 amide bonds. The standard InChI is InChI=1S/C36H61NO6/c1-9-40-30(32(5,6)39)22-18-21(2)27-28(42-22)29(38)34(8)24-11-10-23-31(3,4)25(43-26-19-37-16-17-41-26)12-13-35(23)20-36(24,35)15-14-33(27,34)7/h21-30,37-39H,9-20H2,1-8H3/t21-,22-,23+,24+,25+,26+,27+,28+,29+,30+,33-,34-,35-,36?/m1/s1. The lowest BCUT2D eigenvalue weighted by molar-refractivity contribution is -0.237. The first-order chi connectivity index (χ1) is 20.2. The highest BCUT2D eigenvalue weighted by Crippen LogP contribution is 2.89. The van der Waals surface area contributed by atoms with Crippen LogP contribution in [0.2, 0.25) is 0 Å². The minimum absolute atomic E-state index is 0.0327. The van der Waals surface area contributed by atoms with Crippen LogP contribution in [-0.2, 0) is 18.9 Å². The third-order valence-corrected chi connectivity index (χ3v) is 15.4. The zero-order chi connectivity index (χ0) is 30.8. The molecule has 43 heavy (non-hydrogen) atoms. The second-order valence-electron chi connectivity index (χ2n) is 17.7. The maximum Gasteiger partial charge on any atom is 0.170 e. The lowest BCUT2D eigenvalue weighted by Gasteiger charge is -2.64. The zero-order valence-corrected chi connectivity index (χ0v) is 28.3. The molecule has 14 atom stereocenters. The lowest BCUT2D eigenvalue weighted by atomic mass is 9.41. The molecular weight excluding hydrogens is 542 g/mol. The Hall–Kier alpha value is -0.280. The first-order valence-corrected chi connectivity index (χ1v) is 17.8.